The number of ether oxygens (including phenoxy) is 1. The SMILES string of the molecule is O=C(NCC(O)CN1CCOCC1)c1cc2occc2[nH]1. The molecule has 1 aliphatic heterocycles. The highest BCUT2D eigenvalue weighted by Crippen LogP contribution is 2.15. The summed E-state index contributed by atoms with van der Waals surface area (Å²) in [6, 6.07) is 3.42. The Morgan fingerprint density at radius 2 is 2.29 bits per heavy atom. The summed E-state index contributed by atoms with van der Waals surface area (Å²) < 4.78 is 10.4. The van der Waals surface area contributed by atoms with E-state index in [1.807, 2.05) is 0 Å². The van der Waals surface area contributed by atoms with Crippen LogP contribution in [0.15, 0.2) is 22.8 Å². The van der Waals surface area contributed by atoms with E-state index >= 15 is 0 Å². The molecule has 1 aliphatic rings. The van der Waals surface area contributed by atoms with E-state index in [2.05, 4.69) is 15.2 Å². The van der Waals surface area contributed by atoms with Crippen molar-refractivity contribution in [3.8, 4) is 0 Å². The summed E-state index contributed by atoms with van der Waals surface area (Å²) in [5.41, 5.74) is 1.87. The molecule has 3 rings (SSSR count). The van der Waals surface area contributed by atoms with Gasteiger partial charge in [0.15, 0.2) is 5.58 Å². The number of aromatic nitrogens is 1. The van der Waals surface area contributed by atoms with Crippen LogP contribution in [-0.4, -0.2) is 66.4 Å². The maximum Gasteiger partial charge on any atom is 0.267 e. The van der Waals surface area contributed by atoms with Crippen LogP contribution in [0.1, 0.15) is 10.5 Å². The number of morpholine rings is 1. The first-order chi connectivity index (χ1) is 10.2. The van der Waals surface area contributed by atoms with Gasteiger partial charge in [-0.25, -0.2) is 0 Å². The van der Waals surface area contributed by atoms with Crippen molar-refractivity contribution in [2.24, 2.45) is 0 Å². The minimum Gasteiger partial charge on any atom is -0.463 e. The maximum absolute atomic E-state index is 12.0. The van der Waals surface area contributed by atoms with E-state index in [9.17, 15) is 9.90 Å². The van der Waals surface area contributed by atoms with Crippen LogP contribution < -0.4 is 5.32 Å². The van der Waals surface area contributed by atoms with Gasteiger partial charge in [0.1, 0.15) is 5.69 Å². The Hall–Kier alpha value is -1.83. The molecule has 2 aromatic rings. The highest BCUT2D eigenvalue weighted by molar-refractivity contribution is 5.96. The highest BCUT2D eigenvalue weighted by Gasteiger charge is 2.16. The third-order valence-corrected chi connectivity index (χ3v) is 3.56. The first-order valence-electron chi connectivity index (χ1n) is 7.05. The van der Waals surface area contributed by atoms with Crippen LogP contribution >= 0.6 is 0 Å². The van der Waals surface area contributed by atoms with Crippen molar-refractivity contribution >= 4 is 17.0 Å². The predicted octanol–water partition coefficient (Wildman–Crippen LogP) is 0.184. The molecule has 114 valence electrons. The number of carbonyl (C=O) groups excluding carboxylic acids is 1. The quantitative estimate of drug-likeness (QED) is 0.732. The van der Waals surface area contributed by atoms with Crippen molar-refractivity contribution in [3.05, 3.63) is 24.1 Å². The van der Waals surface area contributed by atoms with Gasteiger partial charge >= 0.3 is 0 Å². The summed E-state index contributed by atoms with van der Waals surface area (Å²) in [4.78, 5) is 17.1. The summed E-state index contributed by atoms with van der Waals surface area (Å²) in [6.07, 6.45) is 0.972. The fourth-order valence-electron chi connectivity index (χ4n) is 2.42. The van der Waals surface area contributed by atoms with Crippen LogP contribution in [0.25, 0.3) is 11.1 Å². The number of carbonyl (C=O) groups is 1. The number of rotatable bonds is 5. The van der Waals surface area contributed by atoms with Gasteiger partial charge in [0, 0.05) is 38.3 Å². The lowest BCUT2D eigenvalue weighted by Crippen LogP contribution is -2.44. The highest BCUT2D eigenvalue weighted by atomic mass is 16.5. The van der Waals surface area contributed by atoms with Crippen molar-refractivity contribution in [2.75, 3.05) is 39.4 Å². The van der Waals surface area contributed by atoms with Crippen molar-refractivity contribution < 1.29 is 19.1 Å². The maximum atomic E-state index is 12.0. The second kappa shape index (κ2) is 6.30. The minimum atomic E-state index is -0.593. The van der Waals surface area contributed by atoms with Gasteiger partial charge in [0.05, 0.1) is 31.1 Å². The molecule has 2 aromatic heterocycles. The summed E-state index contributed by atoms with van der Waals surface area (Å²) in [5.74, 6) is -0.248. The van der Waals surface area contributed by atoms with E-state index in [4.69, 9.17) is 9.15 Å². The fraction of sp³-hybridized carbons (Fsp3) is 0.500. The Bertz CT molecular complexity index is 572. The summed E-state index contributed by atoms with van der Waals surface area (Å²) in [5, 5.41) is 12.7. The van der Waals surface area contributed by atoms with Crippen LogP contribution in [0.5, 0.6) is 0 Å². The minimum absolute atomic E-state index is 0.219. The standard InChI is InChI=1S/C14H19N3O4/c18-10(9-17-2-5-20-6-3-17)8-15-14(19)12-7-13-11(16-12)1-4-21-13/h1,4,7,10,16,18H,2-3,5-6,8-9H2,(H,15,19). The number of hydrogen-bond acceptors (Lipinski definition) is 5. The lowest BCUT2D eigenvalue weighted by atomic mass is 10.3. The molecule has 0 aromatic carbocycles. The molecular formula is C14H19N3O4. The molecule has 0 radical (unpaired) electrons. The van der Waals surface area contributed by atoms with E-state index in [1.165, 1.54) is 0 Å². The molecule has 1 unspecified atom stereocenters. The topological polar surface area (TPSA) is 90.7 Å². The Morgan fingerprint density at radius 1 is 1.48 bits per heavy atom. The molecule has 0 saturated carbocycles. The fourth-order valence-corrected chi connectivity index (χ4v) is 2.42. The molecule has 3 N–H and O–H groups in total. The zero-order valence-corrected chi connectivity index (χ0v) is 11.7. The molecule has 0 spiro atoms. The first kappa shape index (κ1) is 14.1. The Balaban J connectivity index is 1.47. The monoisotopic (exact) mass is 293 g/mol. The number of nitrogens with one attached hydrogen (secondary N) is 2. The number of amides is 1. The number of H-pyrrole nitrogens is 1. The van der Waals surface area contributed by atoms with Gasteiger partial charge < -0.3 is 24.6 Å². The van der Waals surface area contributed by atoms with Gasteiger partial charge in [0.2, 0.25) is 0 Å². The summed E-state index contributed by atoms with van der Waals surface area (Å²) in [7, 11) is 0. The van der Waals surface area contributed by atoms with Crippen molar-refractivity contribution in [1.29, 1.82) is 0 Å². The predicted molar refractivity (Wildman–Crippen MR) is 76.2 cm³/mol. The van der Waals surface area contributed by atoms with Gasteiger partial charge in [0.25, 0.3) is 5.91 Å². The van der Waals surface area contributed by atoms with Crippen LogP contribution in [0, 0.1) is 0 Å². The number of hydrogen-bond donors (Lipinski definition) is 3. The number of furan rings is 1. The second-order valence-electron chi connectivity index (χ2n) is 5.16. The van der Waals surface area contributed by atoms with Crippen LogP contribution in [-0.2, 0) is 4.74 Å². The van der Waals surface area contributed by atoms with E-state index in [-0.39, 0.29) is 12.5 Å². The molecule has 1 fully saturated rings. The third kappa shape index (κ3) is 3.44. The number of fused-ring (bicyclic) bond motifs is 1. The van der Waals surface area contributed by atoms with E-state index in [1.54, 1.807) is 18.4 Å². The molecule has 7 heteroatoms. The van der Waals surface area contributed by atoms with Crippen molar-refractivity contribution in [2.45, 2.75) is 6.10 Å². The average Bonchev–Trinajstić information content (AvgIpc) is 3.07. The molecule has 1 saturated heterocycles. The Labute approximate surface area is 121 Å². The van der Waals surface area contributed by atoms with E-state index in [0.717, 1.165) is 18.6 Å². The van der Waals surface area contributed by atoms with E-state index < -0.39 is 6.10 Å². The zero-order valence-electron chi connectivity index (χ0n) is 11.7. The van der Waals surface area contributed by atoms with Crippen molar-refractivity contribution in [1.82, 2.24) is 15.2 Å². The summed E-state index contributed by atoms with van der Waals surface area (Å²) in [6.45, 7) is 3.78. The lowest BCUT2D eigenvalue weighted by molar-refractivity contribution is 0.0149. The third-order valence-electron chi connectivity index (χ3n) is 3.56. The zero-order chi connectivity index (χ0) is 14.7. The van der Waals surface area contributed by atoms with Crippen molar-refractivity contribution in [3.63, 3.8) is 0 Å². The Kier molecular flexibility index (Phi) is 4.23. The number of aromatic amines is 1. The Morgan fingerprint density at radius 3 is 3.05 bits per heavy atom. The molecular weight excluding hydrogens is 274 g/mol. The number of aliphatic hydroxyl groups excluding tert-OH is 1. The second-order valence-corrected chi connectivity index (χ2v) is 5.16. The average molecular weight is 293 g/mol. The number of β-amino-alcohol motifs (C(OH)–C–C–N with tert-alkyl or cyclic N) is 1. The molecule has 1 amide bonds. The van der Waals surface area contributed by atoms with E-state index in [0.29, 0.717) is 31.0 Å². The molecule has 3 heterocycles. The van der Waals surface area contributed by atoms with Crippen LogP contribution in [0.3, 0.4) is 0 Å². The molecule has 0 bridgehead atoms. The lowest BCUT2D eigenvalue weighted by Gasteiger charge is -2.28. The number of nitrogens with zero attached hydrogens (tertiary/aromatic N) is 1. The molecule has 7 nitrogen and oxygen atoms in total. The molecule has 0 aliphatic carbocycles. The smallest absolute Gasteiger partial charge is 0.267 e. The normalized spacial score (nSPS) is 18.0. The van der Waals surface area contributed by atoms with Crippen LogP contribution in [0.4, 0.5) is 0 Å². The van der Waals surface area contributed by atoms with Gasteiger partial charge in [-0.05, 0) is 0 Å². The first-order valence-corrected chi connectivity index (χ1v) is 7.05. The van der Waals surface area contributed by atoms with Gasteiger partial charge in [-0.3, -0.25) is 9.69 Å². The molecule has 1 atom stereocenters. The van der Waals surface area contributed by atoms with Gasteiger partial charge in [-0.1, -0.05) is 0 Å². The summed E-state index contributed by atoms with van der Waals surface area (Å²) >= 11 is 0. The van der Waals surface area contributed by atoms with Gasteiger partial charge in [-0.15, -0.1) is 0 Å². The largest absolute Gasteiger partial charge is 0.463 e. The van der Waals surface area contributed by atoms with Gasteiger partial charge in [-0.2, -0.15) is 0 Å². The number of aliphatic hydroxyl groups is 1. The van der Waals surface area contributed by atoms with Crippen LogP contribution in [0.2, 0.25) is 0 Å². The molecule has 21 heavy (non-hydrogen) atoms.